The molecule has 0 aliphatic heterocycles. The van der Waals surface area contributed by atoms with E-state index in [1.54, 1.807) is 11.8 Å². The van der Waals surface area contributed by atoms with Gasteiger partial charge in [-0.05, 0) is 31.2 Å². The molecule has 20 heavy (non-hydrogen) atoms. The van der Waals surface area contributed by atoms with Crippen LogP contribution in [0.4, 0.5) is 5.69 Å². The lowest BCUT2D eigenvalue weighted by atomic mass is 10.3. The summed E-state index contributed by atoms with van der Waals surface area (Å²) in [5.41, 5.74) is 6.52. The van der Waals surface area contributed by atoms with Gasteiger partial charge in [-0.25, -0.2) is 13.1 Å². The second kappa shape index (κ2) is 6.60. The molecule has 4 nitrogen and oxygen atoms in total. The molecule has 2 rings (SSSR count). The second-order valence-corrected chi connectivity index (χ2v) is 9.25. The molecular weight excluding hydrogens is 312 g/mol. The van der Waals surface area contributed by atoms with Crippen LogP contribution < -0.4 is 10.5 Å². The predicted octanol–water partition coefficient (Wildman–Crippen LogP) is 2.18. The van der Waals surface area contributed by atoms with Crippen LogP contribution in [-0.4, -0.2) is 37.5 Å². The van der Waals surface area contributed by atoms with Gasteiger partial charge in [0.2, 0.25) is 10.0 Å². The van der Waals surface area contributed by atoms with Crippen LogP contribution in [0.2, 0.25) is 0 Å². The summed E-state index contributed by atoms with van der Waals surface area (Å²) < 4.78 is 26.7. The van der Waals surface area contributed by atoms with Crippen molar-refractivity contribution >= 4 is 39.2 Å². The zero-order valence-corrected chi connectivity index (χ0v) is 13.9. The molecule has 0 radical (unpaired) electrons. The largest absolute Gasteiger partial charge is 0.398 e. The van der Waals surface area contributed by atoms with Gasteiger partial charge in [0.25, 0.3) is 0 Å². The molecule has 7 heteroatoms. The number of thioether (sulfide) groups is 2. The molecule has 1 fully saturated rings. The van der Waals surface area contributed by atoms with Crippen LogP contribution in [0.5, 0.6) is 0 Å². The van der Waals surface area contributed by atoms with E-state index < -0.39 is 10.0 Å². The average Bonchev–Trinajstić information content (AvgIpc) is 3.20. The van der Waals surface area contributed by atoms with E-state index in [9.17, 15) is 8.42 Å². The number of para-hydroxylation sites is 1. The third-order valence-corrected chi connectivity index (χ3v) is 7.48. The van der Waals surface area contributed by atoms with Crippen molar-refractivity contribution in [2.24, 2.45) is 0 Å². The first-order valence-corrected chi connectivity index (χ1v) is 10.3. The van der Waals surface area contributed by atoms with E-state index in [2.05, 4.69) is 4.72 Å². The Balaban J connectivity index is 1.76. The molecular formula is C13H20N2O2S3. The second-order valence-electron chi connectivity index (χ2n) is 4.91. The third kappa shape index (κ3) is 4.58. The van der Waals surface area contributed by atoms with Gasteiger partial charge in [-0.2, -0.15) is 11.8 Å². The van der Waals surface area contributed by atoms with E-state index in [0.717, 1.165) is 17.7 Å². The van der Waals surface area contributed by atoms with Crippen LogP contribution >= 0.6 is 23.5 Å². The highest BCUT2D eigenvalue weighted by molar-refractivity contribution is 8.01. The van der Waals surface area contributed by atoms with Gasteiger partial charge in [-0.15, -0.1) is 11.8 Å². The molecule has 0 aromatic heterocycles. The molecule has 0 saturated heterocycles. The predicted molar refractivity (Wildman–Crippen MR) is 88.8 cm³/mol. The molecule has 1 aromatic rings. The number of anilines is 1. The van der Waals surface area contributed by atoms with Gasteiger partial charge >= 0.3 is 0 Å². The molecule has 1 aliphatic carbocycles. The number of sulfonamides is 1. The average molecular weight is 333 g/mol. The number of nitrogens with one attached hydrogen (secondary N) is 1. The number of nitrogen functional groups attached to an aromatic ring is 1. The Hall–Kier alpha value is -0.370. The highest BCUT2D eigenvalue weighted by Gasteiger charge is 2.42. The van der Waals surface area contributed by atoms with Crippen molar-refractivity contribution in [2.75, 3.05) is 30.0 Å². The summed E-state index contributed by atoms with van der Waals surface area (Å²) in [7, 11) is -3.19. The Bertz CT molecular complexity index is 556. The lowest BCUT2D eigenvalue weighted by molar-refractivity contribution is 0.581. The van der Waals surface area contributed by atoms with Crippen LogP contribution in [0.3, 0.4) is 0 Å². The first-order valence-electron chi connectivity index (χ1n) is 6.46. The summed E-state index contributed by atoms with van der Waals surface area (Å²) in [5.74, 6) is 0.631. The van der Waals surface area contributed by atoms with Crippen LogP contribution in [-0.2, 0) is 10.0 Å². The third-order valence-electron chi connectivity index (χ3n) is 3.38. The maximum Gasteiger partial charge on any atom is 0.212 e. The fourth-order valence-corrected chi connectivity index (χ4v) is 5.08. The monoisotopic (exact) mass is 332 g/mol. The van der Waals surface area contributed by atoms with Crippen LogP contribution in [0.25, 0.3) is 0 Å². The van der Waals surface area contributed by atoms with Gasteiger partial charge in [-0.3, -0.25) is 0 Å². The lowest BCUT2D eigenvalue weighted by Crippen LogP contribution is -2.34. The summed E-state index contributed by atoms with van der Waals surface area (Å²) in [6, 6.07) is 7.51. The summed E-state index contributed by atoms with van der Waals surface area (Å²) >= 11 is 3.23. The number of hydrogen-bond donors (Lipinski definition) is 2. The zero-order valence-electron chi connectivity index (χ0n) is 11.5. The highest BCUT2D eigenvalue weighted by Crippen LogP contribution is 2.46. The quantitative estimate of drug-likeness (QED) is 0.564. The van der Waals surface area contributed by atoms with Crippen molar-refractivity contribution in [3.8, 4) is 0 Å². The van der Waals surface area contributed by atoms with Crippen molar-refractivity contribution in [2.45, 2.75) is 22.5 Å². The van der Waals surface area contributed by atoms with Gasteiger partial charge in [0.05, 0.1) is 5.75 Å². The molecule has 0 bridgehead atoms. The standard InChI is InChI=1S/C13H20N2O2S3/c1-18-13(6-7-13)10-15-20(16,17)9-8-19-12-5-3-2-4-11(12)14/h2-5,15H,6-10,14H2,1H3. The number of benzene rings is 1. The van der Waals surface area contributed by atoms with E-state index in [0.29, 0.717) is 18.0 Å². The molecule has 0 amide bonds. The van der Waals surface area contributed by atoms with E-state index in [-0.39, 0.29) is 10.5 Å². The van der Waals surface area contributed by atoms with Crippen molar-refractivity contribution in [3.05, 3.63) is 24.3 Å². The smallest absolute Gasteiger partial charge is 0.212 e. The molecule has 1 aromatic carbocycles. The minimum atomic E-state index is -3.19. The Labute approximate surface area is 129 Å². The summed E-state index contributed by atoms with van der Waals surface area (Å²) in [6.07, 6.45) is 4.24. The van der Waals surface area contributed by atoms with E-state index in [1.807, 2.05) is 30.5 Å². The first-order chi connectivity index (χ1) is 9.46. The van der Waals surface area contributed by atoms with Crippen molar-refractivity contribution < 1.29 is 8.42 Å². The Morgan fingerprint density at radius 1 is 1.35 bits per heavy atom. The van der Waals surface area contributed by atoms with Gasteiger partial charge in [0, 0.05) is 27.6 Å². The molecule has 0 unspecified atom stereocenters. The maximum absolute atomic E-state index is 11.9. The first kappa shape index (κ1) is 16.0. The van der Waals surface area contributed by atoms with Gasteiger partial charge in [0.1, 0.15) is 0 Å². The Morgan fingerprint density at radius 2 is 2.05 bits per heavy atom. The van der Waals surface area contributed by atoms with E-state index in [1.165, 1.54) is 11.8 Å². The van der Waals surface area contributed by atoms with Crippen molar-refractivity contribution in [3.63, 3.8) is 0 Å². The Kier molecular flexibility index (Phi) is 5.28. The highest BCUT2D eigenvalue weighted by atomic mass is 32.2. The number of hydrogen-bond acceptors (Lipinski definition) is 5. The molecule has 112 valence electrons. The SMILES string of the molecule is CSC1(CNS(=O)(=O)CCSc2ccccc2N)CC1. The number of nitrogens with two attached hydrogens (primary N) is 1. The minimum Gasteiger partial charge on any atom is -0.398 e. The van der Waals surface area contributed by atoms with Crippen molar-refractivity contribution in [1.82, 2.24) is 4.72 Å². The van der Waals surface area contributed by atoms with Gasteiger partial charge < -0.3 is 5.73 Å². The minimum absolute atomic E-state index is 0.121. The van der Waals surface area contributed by atoms with E-state index in [4.69, 9.17) is 5.73 Å². The molecule has 1 saturated carbocycles. The maximum atomic E-state index is 11.9. The van der Waals surface area contributed by atoms with Crippen molar-refractivity contribution in [1.29, 1.82) is 0 Å². The fourth-order valence-electron chi connectivity index (χ4n) is 1.78. The Morgan fingerprint density at radius 3 is 2.65 bits per heavy atom. The van der Waals surface area contributed by atoms with E-state index >= 15 is 0 Å². The summed E-state index contributed by atoms with van der Waals surface area (Å²) in [6.45, 7) is 0.550. The summed E-state index contributed by atoms with van der Waals surface area (Å²) in [5, 5.41) is 0. The number of rotatable bonds is 8. The lowest BCUT2D eigenvalue weighted by Gasteiger charge is -2.13. The topological polar surface area (TPSA) is 72.2 Å². The van der Waals surface area contributed by atoms with Crippen LogP contribution in [0, 0.1) is 0 Å². The molecule has 1 aliphatic rings. The summed E-state index contributed by atoms with van der Waals surface area (Å²) in [4.78, 5) is 0.936. The molecule has 0 spiro atoms. The fraction of sp³-hybridized carbons (Fsp3) is 0.538. The molecule has 0 heterocycles. The van der Waals surface area contributed by atoms with Gasteiger partial charge in [-0.1, -0.05) is 12.1 Å². The molecule has 3 N–H and O–H groups in total. The zero-order chi connectivity index (χ0) is 14.6. The molecule has 0 atom stereocenters. The van der Waals surface area contributed by atoms with Crippen LogP contribution in [0.1, 0.15) is 12.8 Å². The van der Waals surface area contributed by atoms with Gasteiger partial charge in [0.15, 0.2) is 0 Å². The normalized spacial score (nSPS) is 17.1. The van der Waals surface area contributed by atoms with Crippen LogP contribution in [0.15, 0.2) is 29.2 Å².